The summed E-state index contributed by atoms with van der Waals surface area (Å²) < 4.78 is 19.1. The number of nitrogens with zero attached hydrogens (tertiary/aromatic N) is 1. The summed E-state index contributed by atoms with van der Waals surface area (Å²) in [5.74, 6) is 0.129. The van der Waals surface area contributed by atoms with E-state index >= 15 is 0 Å². The summed E-state index contributed by atoms with van der Waals surface area (Å²) in [4.78, 5) is 4.06. The summed E-state index contributed by atoms with van der Waals surface area (Å²) in [6, 6.07) is 5.79. The van der Waals surface area contributed by atoms with Crippen molar-refractivity contribution < 1.29 is 9.13 Å². The molecule has 2 aromatic rings. The van der Waals surface area contributed by atoms with E-state index in [4.69, 9.17) is 15.9 Å². The topological polar surface area (TPSA) is 72.0 Å². The summed E-state index contributed by atoms with van der Waals surface area (Å²) in [6.07, 6.45) is 1.56. The van der Waals surface area contributed by atoms with E-state index in [2.05, 4.69) is 20.9 Å². The molecule has 4 nitrogen and oxygen atoms in total. The second-order valence-electron chi connectivity index (χ2n) is 3.90. The van der Waals surface area contributed by atoms with Crippen molar-refractivity contribution in [1.29, 1.82) is 5.41 Å². The van der Waals surface area contributed by atoms with Crippen molar-refractivity contribution in [3.8, 4) is 11.6 Å². The Hall–Kier alpha value is -1.95. The molecule has 0 bridgehead atoms. The van der Waals surface area contributed by atoms with Crippen LogP contribution in [0.15, 0.2) is 34.9 Å². The van der Waals surface area contributed by atoms with Gasteiger partial charge in [0, 0.05) is 6.20 Å². The second-order valence-corrected chi connectivity index (χ2v) is 4.75. The number of rotatable bonds is 3. The molecule has 0 spiro atoms. The first kappa shape index (κ1) is 13.5. The monoisotopic (exact) mass is 323 g/mol. The number of ether oxygens (including phenoxy) is 1. The molecule has 0 atom stereocenters. The third-order valence-electron chi connectivity index (χ3n) is 2.49. The van der Waals surface area contributed by atoms with Crippen LogP contribution in [0.5, 0.6) is 11.6 Å². The van der Waals surface area contributed by atoms with Gasteiger partial charge in [0.2, 0.25) is 5.88 Å². The zero-order valence-electron chi connectivity index (χ0n) is 10.1. The van der Waals surface area contributed by atoms with E-state index in [-0.39, 0.29) is 17.5 Å². The summed E-state index contributed by atoms with van der Waals surface area (Å²) in [5, 5.41) is 7.56. The Balaban J connectivity index is 2.44. The van der Waals surface area contributed by atoms with Gasteiger partial charge in [-0.2, -0.15) is 0 Å². The molecule has 0 fully saturated rings. The Bertz CT molecular complexity index is 646. The molecule has 98 valence electrons. The Kier molecular flexibility index (Phi) is 3.80. The van der Waals surface area contributed by atoms with Crippen LogP contribution in [0.1, 0.15) is 11.1 Å². The average molecular weight is 324 g/mol. The van der Waals surface area contributed by atoms with Crippen molar-refractivity contribution in [3.63, 3.8) is 0 Å². The van der Waals surface area contributed by atoms with Gasteiger partial charge in [0.15, 0.2) is 0 Å². The smallest absolute Gasteiger partial charge is 0.230 e. The number of hydrogen-bond acceptors (Lipinski definition) is 3. The van der Waals surface area contributed by atoms with E-state index in [0.717, 1.165) is 5.56 Å². The first-order chi connectivity index (χ1) is 8.99. The fourth-order valence-electron chi connectivity index (χ4n) is 1.60. The van der Waals surface area contributed by atoms with E-state index in [9.17, 15) is 4.39 Å². The molecule has 1 aromatic carbocycles. The van der Waals surface area contributed by atoms with Crippen molar-refractivity contribution in [2.45, 2.75) is 6.92 Å². The molecular weight excluding hydrogens is 313 g/mol. The van der Waals surface area contributed by atoms with Gasteiger partial charge in [-0.3, -0.25) is 5.41 Å². The van der Waals surface area contributed by atoms with Crippen LogP contribution in [-0.2, 0) is 0 Å². The number of benzene rings is 1. The maximum absolute atomic E-state index is 13.0. The highest BCUT2D eigenvalue weighted by molar-refractivity contribution is 9.10. The number of nitrogen functional groups attached to an aromatic ring is 1. The lowest BCUT2D eigenvalue weighted by Gasteiger charge is -2.12. The first-order valence-electron chi connectivity index (χ1n) is 5.42. The first-order valence-corrected chi connectivity index (χ1v) is 6.21. The zero-order valence-corrected chi connectivity index (χ0v) is 11.7. The predicted molar refractivity (Wildman–Crippen MR) is 74.2 cm³/mol. The third-order valence-corrected chi connectivity index (χ3v) is 3.11. The van der Waals surface area contributed by atoms with Crippen molar-refractivity contribution in [2.75, 3.05) is 0 Å². The SMILES string of the molecule is Cc1ccnc(Oc2ccc(F)cc2Br)c1C(=N)N. The van der Waals surface area contributed by atoms with Crippen molar-refractivity contribution >= 4 is 21.8 Å². The standard InChI is InChI=1S/C13H11BrFN3O/c1-7-4-5-18-13(11(7)12(16)17)19-10-3-2-8(15)6-9(10)14/h2-6H,1H3,(H3,16,17). The van der Waals surface area contributed by atoms with Gasteiger partial charge >= 0.3 is 0 Å². The van der Waals surface area contributed by atoms with E-state index in [1.165, 1.54) is 18.2 Å². The highest BCUT2D eigenvalue weighted by atomic mass is 79.9. The average Bonchev–Trinajstić information content (AvgIpc) is 2.32. The van der Waals surface area contributed by atoms with Crippen LogP contribution in [0.4, 0.5) is 4.39 Å². The highest BCUT2D eigenvalue weighted by Crippen LogP contribution is 2.31. The molecule has 0 amide bonds. The number of hydrogen-bond donors (Lipinski definition) is 2. The van der Waals surface area contributed by atoms with E-state index < -0.39 is 0 Å². The highest BCUT2D eigenvalue weighted by Gasteiger charge is 2.13. The lowest BCUT2D eigenvalue weighted by Crippen LogP contribution is -2.15. The van der Waals surface area contributed by atoms with Gasteiger partial charge in [0.05, 0.1) is 10.0 Å². The lowest BCUT2D eigenvalue weighted by atomic mass is 10.1. The number of pyridine rings is 1. The van der Waals surface area contributed by atoms with Crippen LogP contribution in [0.3, 0.4) is 0 Å². The van der Waals surface area contributed by atoms with Crippen LogP contribution < -0.4 is 10.5 Å². The summed E-state index contributed by atoms with van der Waals surface area (Å²) in [6.45, 7) is 1.81. The maximum atomic E-state index is 13.0. The summed E-state index contributed by atoms with van der Waals surface area (Å²) in [7, 11) is 0. The molecule has 1 aromatic heterocycles. The number of amidine groups is 1. The van der Waals surface area contributed by atoms with Crippen LogP contribution in [-0.4, -0.2) is 10.8 Å². The summed E-state index contributed by atoms with van der Waals surface area (Å²) >= 11 is 3.21. The van der Waals surface area contributed by atoms with Gasteiger partial charge in [0.25, 0.3) is 0 Å². The van der Waals surface area contributed by atoms with Crippen LogP contribution in [0.2, 0.25) is 0 Å². The molecule has 0 aliphatic rings. The van der Waals surface area contributed by atoms with Crippen molar-refractivity contribution in [1.82, 2.24) is 4.98 Å². The van der Waals surface area contributed by atoms with Gasteiger partial charge < -0.3 is 10.5 Å². The summed E-state index contributed by atoms with van der Waals surface area (Å²) in [5.41, 5.74) is 6.74. The largest absolute Gasteiger partial charge is 0.437 e. The predicted octanol–water partition coefficient (Wildman–Crippen LogP) is 3.37. The molecule has 0 aliphatic carbocycles. The molecule has 0 saturated heterocycles. The molecular formula is C13H11BrFN3O. The molecule has 1 heterocycles. The van der Waals surface area contributed by atoms with Crippen LogP contribution in [0, 0.1) is 18.2 Å². The molecule has 0 aliphatic heterocycles. The zero-order chi connectivity index (χ0) is 14.0. The Labute approximate surface area is 118 Å². The Morgan fingerprint density at radius 2 is 2.16 bits per heavy atom. The maximum Gasteiger partial charge on any atom is 0.230 e. The fourth-order valence-corrected chi connectivity index (χ4v) is 2.03. The van der Waals surface area contributed by atoms with Crippen molar-refractivity contribution in [2.24, 2.45) is 5.73 Å². The lowest BCUT2D eigenvalue weighted by molar-refractivity contribution is 0.456. The van der Waals surface area contributed by atoms with E-state index in [0.29, 0.717) is 15.8 Å². The van der Waals surface area contributed by atoms with Crippen LogP contribution >= 0.6 is 15.9 Å². The number of halogens is 2. The molecule has 0 unspecified atom stereocenters. The molecule has 19 heavy (non-hydrogen) atoms. The molecule has 6 heteroatoms. The van der Waals surface area contributed by atoms with E-state index in [1.807, 2.05) is 6.92 Å². The molecule has 2 rings (SSSR count). The normalized spacial score (nSPS) is 10.3. The van der Waals surface area contributed by atoms with E-state index in [1.54, 1.807) is 12.3 Å². The van der Waals surface area contributed by atoms with Gasteiger partial charge in [-0.25, -0.2) is 9.37 Å². The van der Waals surface area contributed by atoms with Gasteiger partial charge in [-0.05, 0) is 52.7 Å². The van der Waals surface area contributed by atoms with Gasteiger partial charge in [-0.1, -0.05) is 0 Å². The fraction of sp³-hybridized carbons (Fsp3) is 0.0769. The number of aryl methyl sites for hydroxylation is 1. The number of nitrogens with two attached hydrogens (primary N) is 1. The molecule has 0 radical (unpaired) electrons. The number of nitrogens with one attached hydrogen (secondary N) is 1. The Morgan fingerprint density at radius 3 is 2.79 bits per heavy atom. The minimum atomic E-state index is -0.372. The van der Waals surface area contributed by atoms with Gasteiger partial charge in [-0.15, -0.1) is 0 Å². The quantitative estimate of drug-likeness (QED) is 0.672. The minimum Gasteiger partial charge on any atom is -0.437 e. The molecule has 3 N–H and O–H groups in total. The van der Waals surface area contributed by atoms with Crippen LogP contribution in [0.25, 0.3) is 0 Å². The third kappa shape index (κ3) is 2.90. The second kappa shape index (κ2) is 5.36. The number of aromatic nitrogens is 1. The molecule has 0 saturated carbocycles. The minimum absolute atomic E-state index is 0.126. The Morgan fingerprint density at radius 1 is 1.42 bits per heavy atom. The van der Waals surface area contributed by atoms with Crippen molar-refractivity contribution in [3.05, 3.63) is 51.9 Å². The van der Waals surface area contributed by atoms with Gasteiger partial charge in [0.1, 0.15) is 17.4 Å².